The molecule has 3 rings (SSSR count). The first kappa shape index (κ1) is 24.1. The number of hydrogen-bond donors (Lipinski definition) is 1. The van der Waals surface area contributed by atoms with Crippen molar-refractivity contribution in [1.29, 1.82) is 0 Å². The van der Waals surface area contributed by atoms with E-state index < -0.39 is 10.0 Å². The second-order valence-corrected chi connectivity index (χ2v) is 10.1. The zero-order valence-corrected chi connectivity index (χ0v) is 20.2. The lowest BCUT2D eigenvalue weighted by atomic mass is 10.0. The lowest BCUT2D eigenvalue weighted by Crippen LogP contribution is -2.38. The minimum Gasteiger partial charge on any atom is -0.493 e. The van der Waals surface area contributed by atoms with Crippen LogP contribution in [0.3, 0.4) is 0 Å². The van der Waals surface area contributed by atoms with Crippen molar-refractivity contribution in [2.45, 2.75) is 51.5 Å². The highest BCUT2D eigenvalue weighted by Gasteiger charge is 2.33. The molecule has 10 heteroatoms. The molecule has 0 atom stereocenters. The molecule has 1 aromatic carbocycles. The van der Waals surface area contributed by atoms with Gasteiger partial charge in [0.2, 0.25) is 15.9 Å². The monoisotopic (exact) mass is 464 g/mol. The molecule has 0 saturated carbocycles. The Morgan fingerprint density at radius 2 is 1.81 bits per heavy atom. The van der Waals surface area contributed by atoms with E-state index in [9.17, 15) is 13.2 Å². The van der Waals surface area contributed by atoms with Crippen molar-refractivity contribution in [3.05, 3.63) is 29.6 Å². The van der Waals surface area contributed by atoms with Gasteiger partial charge in [0.25, 0.3) is 0 Å². The summed E-state index contributed by atoms with van der Waals surface area (Å²) in [7, 11) is -0.527. The number of hydrogen-bond acceptors (Lipinski definition) is 6. The zero-order valence-electron chi connectivity index (χ0n) is 19.3. The van der Waals surface area contributed by atoms with Crippen molar-refractivity contribution in [1.82, 2.24) is 14.1 Å². The molecular formula is C22H32N4O5S. The zero-order chi connectivity index (χ0) is 23.5. The number of nitrogens with one attached hydrogen (secondary N) is 1. The predicted octanol–water partition coefficient (Wildman–Crippen LogP) is 2.97. The Labute approximate surface area is 189 Å². The molecule has 0 unspecified atom stereocenters. The number of piperidine rings is 1. The highest BCUT2D eigenvalue weighted by molar-refractivity contribution is 7.89. The first-order chi connectivity index (χ1) is 15.2. The van der Waals surface area contributed by atoms with E-state index in [0.717, 1.165) is 12.8 Å². The van der Waals surface area contributed by atoms with Crippen LogP contribution in [0.1, 0.15) is 37.6 Å². The van der Waals surface area contributed by atoms with Gasteiger partial charge in [0.1, 0.15) is 4.90 Å². The van der Waals surface area contributed by atoms with Crippen LogP contribution in [0.4, 0.5) is 5.69 Å². The quantitative estimate of drug-likeness (QED) is 0.644. The summed E-state index contributed by atoms with van der Waals surface area (Å²) in [6.45, 7) is 6.92. The number of aryl methyl sites for hydroxylation is 2. The maximum atomic E-state index is 13.2. The van der Waals surface area contributed by atoms with Gasteiger partial charge in [0.15, 0.2) is 11.5 Å². The van der Waals surface area contributed by atoms with E-state index in [1.54, 1.807) is 48.1 Å². The minimum absolute atomic E-state index is 0.150. The van der Waals surface area contributed by atoms with Crippen LogP contribution < -0.4 is 14.8 Å². The SMILES string of the molecule is COc1ccc(NC(=O)CCn2nc(C)c(S(=O)(=O)N3CCC(C)CC3)c2C)cc1OC. The van der Waals surface area contributed by atoms with Crippen LogP contribution in [0, 0.1) is 19.8 Å². The molecule has 0 spiro atoms. The van der Waals surface area contributed by atoms with Gasteiger partial charge in [0, 0.05) is 31.3 Å². The molecular weight excluding hydrogens is 432 g/mol. The van der Waals surface area contributed by atoms with Crippen LogP contribution in [-0.4, -0.2) is 55.7 Å². The average molecular weight is 465 g/mol. The Bertz CT molecular complexity index is 1070. The summed E-state index contributed by atoms with van der Waals surface area (Å²) in [6.07, 6.45) is 1.88. The Balaban J connectivity index is 1.68. The average Bonchev–Trinajstić information content (AvgIpc) is 3.06. The van der Waals surface area contributed by atoms with E-state index in [2.05, 4.69) is 17.3 Å². The lowest BCUT2D eigenvalue weighted by molar-refractivity contribution is -0.116. The number of anilines is 1. The number of carbonyl (C=O) groups excluding carboxylic acids is 1. The van der Waals surface area contributed by atoms with Crippen molar-refractivity contribution in [2.24, 2.45) is 5.92 Å². The van der Waals surface area contributed by atoms with Crippen molar-refractivity contribution < 1.29 is 22.7 Å². The first-order valence-electron chi connectivity index (χ1n) is 10.7. The fourth-order valence-corrected chi connectivity index (χ4v) is 5.81. The van der Waals surface area contributed by atoms with E-state index in [4.69, 9.17) is 9.47 Å². The fourth-order valence-electron chi connectivity index (χ4n) is 3.97. The summed E-state index contributed by atoms with van der Waals surface area (Å²) in [5.74, 6) is 1.42. The van der Waals surface area contributed by atoms with Gasteiger partial charge in [-0.1, -0.05) is 6.92 Å². The molecule has 9 nitrogen and oxygen atoms in total. The molecule has 0 aliphatic carbocycles. The van der Waals surface area contributed by atoms with Crippen molar-refractivity contribution in [3.63, 3.8) is 0 Å². The number of nitrogens with zero attached hydrogens (tertiary/aromatic N) is 3. The third kappa shape index (κ3) is 5.07. The molecule has 0 bridgehead atoms. The van der Waals surface area contributed by atoms with Crippen LogP contribution in [0.15, 0.2) is 23.1 Å². The number of carbonyl (C=O) groups is 1. The molecule has 1 fully saturated rings. The largest absolute Gasteiger partial charge is 0.493 e. The smallest absolute Gasteiger partial charge is 0.246 e. The van der Waals surface area contributed by atoms with Gasteiger partial charge in [-0.15, -0.1) is 0 Å². The highest BCUT2D eigenvalue weighted by atomic mass is 32.2. The van der Waals surface area contributed by atoms with Crippen LogP contribution in [0.5, 0.6) is 11.5 Å². The molecule has 1 aliphatic heterocycles. The maximum Gasteiger partial charge on any atom is 0.246 e. The fraction of sp³-hybridized carbons (Fsp3) is 0.545. The summed E-state index contributed by atoms with van der Waals surface area (Å²) in [5, 5.41) is 7.23. The van der Waals surface area contributed by atoms with E-state index in [1.807, 2.05) is 0 Å². The number of rotatable bonds is 8. The molecule has 176 valence electrons. The van der Waals surface area contributed by atoms with Gasteiger partial charge >= 0.3 is 0 Å². The number of ether oxygens (including phenoxy) is 2. The van der Waals surface area contributed by atoms with Gasteiger partial charge in [0.05, 0.1) is 32.2 Å². The van der Waals surface area contributed by atoms with Gasteiger partial charge in [-0.05, 0) is 44.7 Å². The normalized spacial score (nSPS) is 15.5. The van der Waals surface area contributed by atoms with Crippen LogP contribution in [0.2, 0.25) is 0 Å². The number of sulfonamides is 1. The van der Waals surface area contributed by atoms with Gasteiger partial charge in [-0.2, -0.15) is 9.40 Å². The Morgan fingerprint density at radius 1 is 1.16 bits per heavy atom. The number of benzene rings is 1. The standard InChI is InChI=1S/C22H32N4O5S/c1-15-8-11-25(12-9-15)32(28,29)22-16(2)24-26(17(22)3)13-10-21(27)23-18-6-7-19(30-4)20(14-18)31-5/h6-7,14-15H,8-13H2,1-5H3,(H,23,27). The molecule has 1 amide bonds. The van der Waals surface area contributed by atoms with Crippen molar-refractivity contribution >= 4 is 21.6 Å². The van der Waals surface area contributed by atoms with Gasteiger partial charge < -0.3 is 14.8 Å². The van der Waals surface area contributed by atoms with Gasteiger partial charge in [-0.25, -0.2) is 8.42 Å². The third-order valence-corrected chi connectivity index (χ3v) is 8.03. The topological polar surface area (TPSA) is 103 Å². The van der Waals surface area contributed by atoms with Crippen LogP contribution in [0.25, 0.3) is 0 Å². The second-order valence-electron chi connectivity index (χ2n) is 8.18. The summed E-state index contributed by atoms with van der Waals surface area (Å²) in [4.78, 5) is 12.7. The summed E-state index contributed by atoms with van der Waals surface area (Å²) >= 11 is 0. The number of aromatic nitrogens is 2. The molecule has 1 aliphatic rings. The predicted molar refractivity (Wildman–Crippen MR) is 122 cm³/mol. The summed E-state index contributed by atoms with van der Waals surface area (Å²) in [6, 6.07) is 5.13. The molecule has 1 saturated heterocycles. The van der Waals surface area contributed by atoms with E-state index in [0.29, 0.717) is 47.6 Å². The summed E-state index contributed by atoms with van der Waals surface area (Å²) < 4.78 is 40.0. The van der Waals surface area contributed by atoms with Crippen LogP contribution >= 0.6 is 0 Å². The van der Waals surface area contributed by atoms with Crippen LogP contribution in [-0.2, 0) is 21.4 Å². The molecule has 32 heavy (non-hydrogen) atoms. The van der Waals surface area contributed by atoms with Crippen molar-refractivity contribution in [2.75, 3.05) is 32.6 Å². The molecule has 1 aromatic heterocycles. The minimum atomic E-state index is -3.60. The third-order valence-electron chi connectivity index (χ3n) is 5.87. The lowest BCUT2D eigenvalue weighted by Gasteiger charge is -2.29. The first-order valence-corrected chi connectivity index (χ1v) is 12.2. The van der Waals surface area contributed by atoms with E-state index in [-0.39, 0.29) is 23.8 Å². The van der Waals surface area contributed by atoms with Gasteiger partial charge in [-0.3, -0.25) is 9.48 Å². The van der Waals surface area contributed by atoms with Crippen molar-refractivity contribution in [3.8, 4) is 11.5 Å². The molecule has 1 N–H and O–H groups in total. The maximum absolute atomic E-state index is 13.2. The Morgan fingerprint density at radius 3 is 2.44 bits per heavy atom. The summed E-state index contributed by atoms with van der Waals surface area (Å²) in [5.41, 5.74) is 1.60. The van der Waals surface area contributed by atoms with E-state index >= 15 is 0 Å². The van der Waals surface area contributed by atoms with E-state index in [1.165, 1.54) is 7.11 Å². The Kier molecular flexibility index (Phi) is 7.45. The highest BCUT2D eigenvalue weighted by Crippen LogP contribution is 2.30. The number of amides is 1. The number of methoxy groups -OCH3 is 2. The molecule has 2 aromatic rings. The Hall–Kier alpha value is -2.59. The molecule has 2 heterocycles. The second kappa shape index (κ2) is 9.91. The molecule has 0 radical (unpaired) electrons.